The lowest BCUT2D eigenvalue weighted by molar-refractivity contribution is 0.630. The number of hydrogen-bond acceptors (Lipinski definition) is 2. The molecule has 0 radical (unpaired) electrons. The summed E-state index contributed by atoms with van der Waals surface area (Å²) in [7, 11) is 0. The minimum Gasteiger partial charge on any atom is -0.310 e. The number of benzene rings is 5. The molecule has 3 heteroatoms. The van der Waals surface area contributed by atoms with Crippen LogP contribution < -0.4 is 4.90 Å². The highest BCUT2D eigenvalue weighted by atomic mass is 32.1. The SMILES string of the molecule is Cc1ccc(N(c2ccc(S)cc2)c2ccc3c(c2)c2cccc4c2n3-c2ccccc2C4(C)C)cc1. The smallest absolute Gasteiger partial charge is 0.0582 e. The van der Waals surface area contributed by atoms with Crippen LogP contribution in [-0.4, -0.2) is 4.57 Å². The number of anilines is 3. The van der Waals surface area contributed by atoms with Gasteiger partial charge in [0.15, 0.2) is 0 Å². The summed E-state index contributed by atoms with van der Waals surface area (Å²) in [5.41, 5.74) is 11.2. The van der Waals surface area contributed by atoms with E-state index in [9.17, 15) is 0 Å². The first kappa shape index (κ1) is 22.3. The minimum atomic E-state index is -0.0636. The van der Waals surface area contributed by atoms with Gasteiger partial charge in [0.2, 0.25) is 0 Å². The zero-order chi connectivity index (χ0) is 25.3. The second-order valence-electron chi connectivity index (χ2n) is 10.6. The molecule has 0 spiro atoms. The molecule has 0 saturated carbocycles. The zero-order valence-corrected chi connectivity index (χ0v) is 22.1. The predicted octanol–water partition coefficient (Wildman–Crippen LogP) is 9.49. The van der Waals surface area contributed by atoms with E-state index < -0.39 is 0 Å². The Balaban J connectivity index is 1.52. The summed E-state index contributed by atoms with van der Waals surface area (Å²) in [5, 5.41) is 2.57. The van der Waals surface area contributed by atoms with Gasteiger partial charge >= 0.3 is 0 Å². The summed E-state index contributed by atoms with van der Waals surface area (Å²) < 4.78 is 2.47. The van der Waals surface area contributed by atoms with Crippen LogP contribution in [0.2, 0.25) is 0 Å². The fourth-order valence-corrected chi connectivity index (χ4v) is 6.18. The Morgan fingerprint density at radius 2 is 1.30 bits per heavy atom. The molecule has 0 aliphatic carbocycles. The van der Waals surface area contributed by atoms with E-state index in [0.717, 1.165) is 22.0 Å². The number of aromatic nitrogens is 1. The molecule has 0 N–H and O–H groups in total. The molecule has 5 aromatic carbocycles. The first-order valence-electron chi connectivity index (χ1n) is 12.8. The number of aryl methyl sites for hydroxylation is 1. The Hall–Kier alpha value is -3.95. The van der Waals surface area contributed by atoms with Crippen LogP contribution in [0.4, 0.5) is 17.1 Å². The van der Waals surface area contributed by atoms with Gasteiger partial charge in [0, 0.05) is 38.1 Å². The summed E-state index contributed by atoms with van der Waals surface area (Å²) in [6, 6.07) is 39.7. The van der Waals surface area contributed by atoms with Gasteiger partial charge in [-0.2, -0.15) is 0 Å². The third-order valence-corrected chi connectivity index (χ3v) is 8.22. The van der Waals surface area contributed by atoms with E-state index in [4.69, 9.17) is 0 Å². The molecule has 0 bridgehead atoms. The van der Waals surface area contributed by atoms with Crippen molar-refractivity contribution in [3.05, 3.63) is 126 Å². The average molecular weight is 497 g/mol. The molecule has 7 rings (SSSR count). The van der Waals surface area contributed by atoms with Crippen molar-refractivity contribution in [2.45, 2.75) is 31.1 Å². The third-order valence-electron chi connectivity index (χ3n) is 7.92. The van der Waals surface area contributed by atoms with Gasteiger partial charge < -0.3 is 9.47 Å². The molecular weight excluding hydrogens is 468 g/mol. The number of rotatable bonds is 3. The second-order valence-corrected chi connectivity index (χ2v) is 11.1. The van der Waals surface area contributed by atoms with Gasteiger partial charge in [0.05, 0.1) is 16.7 Å². The normalized spacial score (nSPS) is 13.6. The minimum absolute atomic E-state index is 0.0636. The quantitative estimate of drug-likeness (QED) is 0.240. The molecule has 0 saturated heterocycles. The van der Waals surface area contributed by atoms with Crippen molar-refractivity contribution in [3.8, 4) is 5.69 Å². The standard InChI is InChI=1S/C34H28N2S/c1-22-11-13-23(14-12-22)35(24-15-18-26(37)19-16-24)25-17-20-31-28(21-25)27-7-6-9-30-33(27)36(31)32-10-5-4-8-29(32)34(30,2)3/h4-21,37H,1-3H3. The topological polar surface area (TPSA) is 8.17 Å². The van der Waals surface area contributed by atoms with E-state index in [-0.39, 0.29) is 5.41 Å². The second kappa shape index (κ2) is 8.03. The van der Waals surface area contributed by atoms with Crippen LogP contribution in [0, 0.1) is 6.92 Å². The van der Waals surface area contributed by atoms with Gasteiger partial charge in [-0.1, -0.05) is 67.9 Å². The van der Waals surface area contributed by atoms with Crippen LogP contribution in [0.5, 0.6) is 0 Å². The maximum Gasteiger partial charge on any atom is 0.0582 e. The molecule has 6 aromatic rings. The van der Waals surface area contributed by atoms with Gasteiger partial charge in [0.1, 0.15) is 0 Å². The first-order valence-corrected chi connectivity index (χ1v) is 13.2. The Bertz CT molecular complexity index is 1760. The fourth-order valence-electron chi connectivity index (χ4n) is 6.04. The number of fused-ring (bicyclic) bond motifs is 5. The molecule has 0 fully saturated rings. The highest BCUT2D eigenvalue weighted by molar-refractivity contribution is 7.80. The molecular formula is C34H28N2S. The van der Waals surface area contributed by atoms with Crippen molar-refractivity contribution >= 4 is 51.5 Å². The molecule has 0 amide bonds. The maximum atomic E-state index is 4.52. The van der Waals surface area contributed by atoms with E-state index in [1.807, 2.05) is 0 Å². The highest BCUT2D eigenvalue weighted by Crippen LogP contribution is 2.48. The van der Waals surface area contributed by atoms with Crippen LogP contribution in [0.3, 0.4) is 0 Å². The Morgan fingerprint density at radius 3 is 2.05 bits per heavy atom. The van der Waals surface area contributed by atoms with E-state index >= 15 is 0 Å². The first-order chi connectivity index (χ1) is 17.9. The number of para-hydroxylation sites is 2. The molecule has 37 heavy (non-hydrogen) atoms. The fraction of sp³-hybridized carbons (Fsp3) is 0.118. The molecule has 1 aliphatic heterocycles. The van der Waals surface area contributed by atoms with E-state index in [1.54, 1.807) is 0 Å². The van der Waals surface area contributed by atoms with Gasteiger partial charge in [-0.25, -0.2) is 0 Å². The average Bonchev–Trinajstić information content (AvgIpc) is 3.24. The van der Waals surface area contributed by atoms with Crippen molar-refractivity contribution < 1.29 is 0 Å². The van der Waals surface area contributed by atoms with Crippen molar-refractivity contribution in [3.63, 3.8) is 0 Å². The van der Waals surface area contributed by atoms with Crippen LogP contribution in [-0.2, 0) is 5.41 Å². The summed E-state index contributed by atoms with van der Waals surface area (Å²) in [5.74, 6) is 0. The van der Waals surface area contributed by atoms with Crippen molar-refractivity contribution in [1.82, 2.24) is 4.57 Å². The van der Waals surface area contributed by atoms with Crippen LogP contribution in [0.15, 0.2) is 114 Å². The molecule has 0 atom stereocenters. The van der Waals surface area contributed by atoms with E-state index in [0.29, 0.717) is 0 Å². The third kappa shape index (κ3) is 3.27. The lowest BCUT2D eigenvalue weighted by atomic mass is 9.75. The number of thiol groups is 1. The van der Waals surface area contributed by atoms with Gasteiger partial charge in [0.25, 0.3) is 0 Å². The Morgan fingerprint density at radius 1 is 0.649 bits per heavy atom. The Labute approximate surface area is 223 Å². The number of hydrogen-bond donors (Lipinski definition) is 1. The molecule has 0 unspecified atom stereocenters. The van der Waals surface area contributed by atoms with Crippen LogP contribution in [0.1, 0.15) is 30.5 Å². The van der Waals surface area contributed by atoms with E-state index in [2.05, 4.69) is 152 Å². The summed E-state index contributed by atoms with van der Waals surface area (Å²) in [6.07, 6.45) is 0. The van der Waals surface area contributed by atoms with Gasteiger partial charge in [-0.3, -0.25) is 0 Å². The maximum absolute atomic E-state index is 4.52. The van der Waals surface area contributed by atoms with Crippen LogP contribution >= 0.6 is 12.6 Å². The predicted molar refractivity (Wildman–Crippen MR) is 160 cm³/mol. The molecule has 1 aliphatic rings. The van der Waals surface area contributed by atoms with Crippen molar-refractivity contribution in [2.24, 2.45) is 0 Å². The monoisotopic (exact) mass is 496 g/mol. The summed E-state index contributed by atoms with van der Waals surface area (Å²) in [6.45, 7) is 6.82. The largest absolute Gasteiger partial charge is 0.310 e. The van der Waals surface area contributed by atoms with Crippen molar-refractivity contribution in [1.29, 1.82) is 0 Å². The molecule has 180 valence electrons. The van der Waals surface area contributed by atoms with E-state index in [1.165, 1.54) is 44.2 Å². The highest BCUT2D eigenvalue weighted by Gasteiger charge is 2.34. The lowest BCUT2D eigenvalue weighted by Gasteiger charge is -2.34. The summed E-state index contributed by atoms with van der Waals surface area (Å²) >= 11 is 4.52. The molecule has 2 heterocycles. The molecule has 1 aromatic heterocycles. The lowest BCUT2D eigenvalue weighted by Crippen LogP contribution is -2.26. The van der Waals surface area contributed by atoms with Crippen molar-refractivity contribution in [2.75, 3.05) is 4.90 Å². The Kier molecular flexibility index (Phi) is 4.83. The summed E-state index contributed by atoms with van der Waals surface area (Å²) in [4.78, 5) is 3.29. The zero-order valence-electron chi connectivity index (χ0n) is 21.2. The molecule has 2 nitrogen and oxygen atoms in total. The van der Waals surface area contributed by atoms with Gasteiger partial charge in [-0.15, -0.1) is 12.6 Å². The van der Waals surface area contributed by atoms with Gasteiger partial charge in [-0.05, 0) is 78.7 Å². The van der Waals surface area contributed by atoms with Crippen LogP contribution in [0.25, 0.3) is 27.5 Å². The number of nitrogens with zero attached hydrogens (tertiary/aromatic N) is 2.